The normalized spacial score (nSPS) is 27.2. The second-order valence-electron chi connectivity index (χ2n) is 8.65. The van der Waals surface area contributed by atoms with Gasteiger partial charge in [0.05, 0.1) is 18.8 Å². The number of nitrogens with zero attached hydrogens (tertiary/aromatic N) is 2. The molecule has 0 bridgehead atoms. The van der Waals surface area contributed by atoms with Gasteiger partial charge in [0.25, 0.3) is 0 Å². The minimum atomic E-state index is 0.329. The maximum atomic E-state index is 6.15. The standard InChI is InChI=1S/C22H41N3O2/c1-23-22(24-17-19-9-5-3-2-4-6-10-19)25-14-12-20(13-15-25)27-18-21-11-7-8-16-26-21/h19-21H,2-18H2,1H3,(H,23,24). The second kappa shape index (κ2) is 11.9. The molecule has 5 heteroatoms. The number of aliphatic imine (C=N–C) groups is 1. The first-order valence-corrected chi connectivity index (χ1v) is 11.5. The van der Waals surface area contributed by atoms with Gasteiger partial charge in [-0.2, -0.15) is 0 Å². The molecule has 1 aliphatic carbocycles. The summed E-state index contributed by atoms with van der Waals surface area (Å²) in [5.41, 5.74) is 0. The molecular weight excluding hydrogens is 338 g/mol. The maximum absolute atomic E-state index is 6.15. The number of hydrogen-bond acceptors (Lipinski definition) is 3. The Balaban J connectivity index is 1.34. The number of nitrogens with one attached hydrogen (secondary N) is 1. The number of likely N-dealkylation sites (tertiary alicyclic amines) is 1. The van der Waals surface area contributed by atoms with Crippen LogP contribution in [-0.4, -0.2) is 63.0 Å². The molecule has 5 nitrogen and oxygen atoms in total. The van der Waals surface area contributed by atoms with E-state index in [4.69, 9.17) is 9.47 Å². The van der Waals surface area contributed by atoms with E-state index in [1.54, 1.807) is 0 Å². The Morgan fingerprint density at radius 3 is 2.33 bits per heavy atom. The number of hydrogen-bond donors (Lipinski definition) is 1. The van der Waals surface area contributed by atoms with E-state index in [1.165, 1.54) is 57.8 Å². The molecule has 0 aromatic rings. The maximum Gasteiger partial charge on any atom is 0.193 e. The van der Waals surface area contributed by atoms with Crippen LogP contribution in [0, 0.1) is 5.92 Å². The molecule has 0 spiro atoms. The highest BCUT2D eigenvalue weighted by Gasteiger charge is 2.24. The summed E-state index contributed by atoms with van der Waals surface area (Å²) >= 11 is 0. The monoisotopic (exact) mass is 379 g/mol. The minimum absolute atomic E-state index is 0.329. The smallest absolute Gasteiger partial charge is 0.193 e. The SMILES string of the molecule is CN=C(NCC1CCCCCCC1)N1CCC(OCC2CCCCO2)CC1. The molecule has 3 rings (SSSR count). The Kier molecular flexibility index (Phi) is 9.22. The Morgan fingerprint density at radius 2 is 1.67 bits per heavy atom. The second-order valence-corrected chi connectivity index (χ2v) is 8.65. The Morgan fingerprint density at radius 1 is 0.963 bits per heavy atom. The fourth-order valence-electron chi connectivity index (χ4n) is 4.73. The first-order chi connectivity index (χ1) is 13.3. The molecule has 0 amide bonds. The highest BCUT2D eigenvalue weighted by atomic mass is 16.5. The molecule has 1 saturated carbocycles. The van der Waals surface area contributed by atoms with Crippen molar-refractivity contribution in [1.82, 2.24) is 10.2 Å². The van der Waals surface area contributed by atoms with Gasteiger partial charge in [-0.1, -0.05) is 32.1 Å². The van der Waals surface area contributed by atoms with Gasteiger partial charge in [-0.15, -0.1) is 0 Å². The third-order valence-electron chi connectivity index (χ3n) is 6.52. The van der Waals surface area contributed by atoms with E-state index in [2.05, 4.69) is 15.2 Å². The quantitative estimate of drug-likeness (QED) is 0.580. The average molecular weight is 380 g/mol. The van der Waals surface area contributed by atoms with Crippen LogP contribution in [0.3, 0.4) is 0 Å². The van der Waals surface area contributed by atoms with E-state index in [0.717, 1.165) is 64.0 Å². The van der Waals surface area contributed by atoms with Crippen LogP contribution >= 0.6 is 0 Å². The lowest BCUT2D eigenvalue weighted by atomic mass is 9.91. The molecule has 3 fully saturated rings. The summed E-state index contributed by atoms with van der Waals surface area (Å²) in [7, 11) is 1.92. The summed E-state index contributed by atoms with van der Waals surface area (Å²) < 4.78 is 11.9. The van der Waals surface area contributed by atoms with Crippen molar-refractivity contribution in [2.45, 2.75) is 89.3 Å². The molecule has 3 aliphatic rings. The van der Waals surface area contributed by atoms with Crippen LogP contribution in [0.2, 0.25) is 0 Å². The lowest BCUT2D eigenvalue weighted by Crippen LogP contribution is -2.48. The molecule has 0 aromatic carbocycles. The van der Waals surface area contributed by atoms with Crippen LogP contribution in [0.25, 0.3) is 0 Å². The molecule has 27 heavy (non-hydrogen) atoms. The van der Waals surface area contributed by atoms with Crippen LogP contribution in [0.15, 0.2) is 4.99 Å². The summed E-state index contributed by atoms with van der Waals surface area (Å²) in [6, 6.07) is 0. The van der Waals surface area contributed by atoms with Gasteiger partial charge in [0.2, 0.25) is 0 Å². The molecule has 2 saturated heterocycles. The van der Waals surface area contributed by atoms with Crippen LogP contribution < -0.4 is 5.32 Å². The van der Waals surface area contributed by atoms with E-state index in [9.17, 15) is 0 Å². The fraction of sp³-hybridized carbons (Fsp3) is 0.955. The molecule has 0 aromatic heterocycles. The van der Waals surface area contributed by atoms with E-state index < -0.39 is 0 Å². The van der Waals surface area contributed by atoms with Gasteiger partial charge in [0.1, 0.15) is 0 Å². The van der Waals surface area contributed by atoms with E-state index in [-0.39, 0.29) is 0 Å². The number of rotatable bonds is 5. The molecular formula is C22H41N3O2. The molecule has 2 heterocycles. The van der Waals surface area contributed by atoms with Crippen molar-refractivity contribution in [3.8, 4) is 0 Å². The first-order valence-electron chi connectivity index (χ1n) is 11.5. The summed E-state index contributed by atoms with van der Waals surface area (Å²) in [6.45, 7) is 4.86. The molecule has 2 aliphatic heterocycles. The average Bonchev–Trinajstić information content (AvgIpc) is 2.70. The summed E-state index contributed by atoms with van der Waals surface area (Å²) in [4.78, 5) is 6.97. The predicted molar refractivity (Wildman–Crippen MR) is 111 cm³/mol. The lowest BCUT2D eigenvalue weighted by molar-refractivity contribution is -0.0721. The minimum Gasteiger partial charge on any atom is -0.376 e. The largest absolute Gasteiger partial charge is 0.376 e. The van der Waals surface area contributed by atoms with Crippen LogP contribution in [-0.2, 0) is 9.47 Å². The summed E-state index contributed by atoms with van der Waals surface area (Å²) in [6.07, 6.45) is 16.4. The first kappa shape index (κ1) is 20.9. The zero-order valence-electron chi connectivity index (χ0n) is 17.5. The van der Waals surface area contributed by atoms with Crippen molar-refractivity contribution in [2.24, 2.45) is 10.9 Å². The van der Waals surface area contributed by atoms with Crippen molar-refractivity contribution < 1.29 is 9.47 Å². The van der Waals surface area contributed by atoms with Gasteiger partial charge in [0.15, 0.2) is 5.96 Å². The molecule has 1 unspecified atom stereocenters. The van der Waals surface area contributed by atoms with Crippen molar-refractivity contribution in [1.29, 1.82) is 0 Å². The van der Waals surface area contributed by atoms with Crippen molar-refractivity contribution in [3.63, 3.8) is 0 Å². The van der Waals surface area contributed by atoms with Crippen LogP contribution in [0.1, 0.15) is 77.0 Å². The Bertz CT molecular complexity index is 421. The summed E-state index contributed by atoms with van der Waals surface area (Å²) in [5.74, 6) is 1.91. The van der Waals surface area contributed by atoms with Gasteiger partial charge in [-0.25, -0.2) is 0 Å². The topological polar surface area (TPSA) is 46.1 Å². The van der Waals surface area contributed by atoms with Crippen molar-refractivity contribution in [2.75, 3.05) is 39.9 Å². The van der Waals surface area contributed by atoms with Gasteiger partial charge in [0, 0.05) is 33.3 Å². The third kappa shape index (κ3) is 7.26. The zero-order valence-corrected chi connectivity index (χ0v) is 17.5. The Hall–Kier alpha value is -0.810. The molecule has 0 radical (unpaired) electrons. The fourth-order valence-corrected chi connectivity index (χ4v) is 4.73. The van der Waals surface area contributed by atoms with Gasteiger partial charge in [-0.3, -0.25) is 4.99 Å². The van der Waals surface area contributed by atoms with E-state index in [1.807, 2.05) is 7.05 Å². The molecule has 1 atom stereocenters. The highest BCUT2D eigenvalue weighted by molar-refractivity contribution is 5.79. The number of ether oxygens (including phenoxy) is 2. The molecule has 1 N–H and O–H groups in total. The third-order valence-corrected chi connectivity index (χ3v) is 6.52. The predicted octanol–water partition coefficient (Wildman–Crippen LogP) is 3.97. The molecule has 156 valence electrons. The van der Waals surface area contributed by atoms with Gasteiger partial charge < -0.3 is 19.7 Å². The number of guanidine groups is 1. The lowest BCUT2D eigenvalue weighted by Gasteiger charge is -2.35. The highest BCUT2D eigenvalue weighted by Crippen LogP contribution is 2.22. The van der Waals surface area contributed by atoms with Gasteiger partial charge >= 0.3 is 0 Å². The van der Waals surface area contributed by atoms with Gasteiger partial charge in [-0.05, 0) is 50.9 Å². The Labute approximate surface area is 166 Å². The zero-order chi connectivity index (χ0) is 18.7. The van der Waals surface area contributed by atoms with Crippen LogP contribution in [0.4, 0.5) is 0 Å². The number of piperidine rings is 1. The van der Waals surface area contributed by atoms with Crippen LogP contribution in [0.5, 0.6) is 0 Å². The van der Waals surface area contributed by atoms with E-state index in [0.29, 0.717) is 12.2 Å². The van der Waals surface area contributed by atoms with Crippen molar-refractivity contribution in [3.05, 3.63) is 0 Å². The van der Waals surface area contributed by atoms with E-state index >= 15 is 0 Å². The van der Waals surface area contributed by atoms with Crippen molar-refractivity contribution >= 4 is 5.96 Å². The summed E-state index contributed by atoms with van der Waals surface area (Å²) in [5, 5.41) is 3.67.